The molecule has 0 unspecified atom stereocenters. The van der Waals surface area contributed by atoms with Gasteiger partial charge in [-0.25, -0.2) is 9.18 Å². The number of aromatic nitrogens is 3. The van der Waals surface area contributed by atoms with E-state index in [4.69, 9.17) is 4.74 Å². The van der Waals surface area contributed by atoms with E-state index in [-0.39, 0.29) is 0 Å². The van der Waals surface area contributed by atoms with Gasteiger partial charge in [-0.15, -0.1) is 0 Å². The van der Waals surface area contributed by atoms with Gasteiger partial charge in [0.1, 0.15) is 11.4 Å². The van der Waals surface area contributed by atoms with Crippen LogP contribution in [0.2, 0.25) is 0 Å². The van der Waals surface area contributed by atoms with E-state index in [2.05, 4.69) is 10.1 Å². The minimum Gasteiger partial charge on any atom is -0.457 e. The van der Waals surface area contributed by atoms with Gasteiger partial charge in [0.2, 0.25) is 0 Å². The predicted octanol–water partition coefficient (Wildman–Crippen LogP) is 3.77. The fraction of sp³-hybridized carbons (Fsp3) is 0.389. The number of carbonyl (C=O) groups excluding carboxylic acids is 1. The zero-order chi connectivity index (χ0) is 17.3. The van der Waals surface area contributed by atoms with Crippen LogP contribution in [0.15, 0.2) is 30.9 Å². The third-order valence-corrected chi connectivity index (χ3v) is 3.55. The van der Waals surface area contributed by atoms with Crippen molar-refractivity contribution in [2.45, 2.75) is 45.3 Å². The van der Waals surface area contributed by atoms with Crippen molar-refractivity contribution < 1.29 is 13.9 Å². The molecule has 0 radical (unpaired) electrons. The monoisotopic (exact) mass is 329 g/mol. The molecular weight excluding hydrogens is 309 g/mol. The fourth-order valence-electron chi connectivity index (χ4n) is 2.38. The second-order valence-electron chi connectivity index (χ2n) is 6.89. The summed E-state index contributed by atoms with van der Waals surface area (Å²) in [4.78, 5) is 15.7. The van der Waals surface area contributed by atoms with Crippen LogP contribution in [-0.2, 0) is 9.53 Å². The summed E-state index contributed by atoms with van der Waals surface area (Å²) in [5.41, 5.74) is 0.995. The molecule has 2 heterocycles. The van der Waals surface area contributed by atoms with Crippen molar-refractivity contribution in [1.82, 2.24) is 14.8 Å². The Morgan fingerprint density at radius 1 is 1.33 bits per heavy atom. The highest BCUT2D eigenvalue weighted by Crippen LogP contribution is 2.36. The number of hydrogen-bond acceptors (Lipinski definition) is 4. The van der Waals surface area contributed by atoms with E-state index in [9.17, 15) is 9.18 Å². The molecule has 0 amide bonds. The average molecular weight is 329 g/mol. The van der Waals surface area contributed by atoms with E-state index in [0.717, 1.165) is 19.0 Å². The summed E-state index contributed by atoms with van der Waals surface area (Å²) in [7, 11) is 0. The van der Waals surface area contributed by atoms with Crippen molar-refractivity contribution >= 4 is 12.0 Å². The largest absolute Gasteiger partial charge is 0.457 e. The number of halogens is 1. The van der Waals surface area contributed by atoms with Crippen molar-refractivity contribution in [2.75, 3.05) is 0 Å². The molecule has 2 aromatic rings. The Kier molecular flexibility index (Phi) is 4.22. The van der Waals surface area contributed by atoms with Gasteiger partial charge in [0.25, 0.3) is 0 Å². The van der Waals surface area contributed by atoms with Crippen molar-refractivity contribution in [1.29, 1.82) is 0 Å². The normalized spacial score (nSPS) is 15.0. The molecule has 1 fully saturated rings. The first-order valence-corrected chi connectivity index (χ1v) is 7.92. The van der Waals surface area contributed by atoms with Gasteiger partial charge >= 0.3 is 5.97 Å². The van der Waals surface area contributed by atoms with Crippen LogP contribution in [-0.4, -0.2) is 26.3 Å². The van der Waals surface area contributed by atoms with Crippen molar-refractivity contribution in [3.8, 4) is 11.1 Å². The number of hydrogen-bond donors (Lipinski definition) is 0. The molecule has 1 aliphatic carbocycles. The molecule has 2 aromatic heterocycles. The minimum absolute atomic E-state index is 0.386. The Balaban J connectivity index is 1.88. The molecule has 0 spiro atoms. The highest BCUT2D eigenvalue weighted by atomic mass is 19.1. The second-order valence-corrected chi connectivity index (χ2v) is 6.89. The van der Waals surface area contributed by atoms with E-state index in [1.807, 2.05) is 10.9 Å². The number of esters is 1. The molecule has 0 N–H and O–H groups in total. The standard InChI is InChI=1S/C18H20FN3O2/c1-18(2,3)24-16(23)7-4-12-8-20-10-15(19)17(12)13-9-21-22(11-13)14-5-6-14/h4,7-11,14H,5-6H2,1-3H3. The quantitative estimate of drug-likeness (QED) is 0.633. The Bertz CT molecular complexity index is 786. The maximum Gasteiger partial charge on any atom is 0.331 e. The van der Waals surface area contributed by atoms with Crippen molar-refractivity contribution in [3.05, 3.63) is 42.2 Å². The van der Waals surface area contributed by atoms with Crippen LogP contribution in [0, 0.1) is 5.82 Å². The smallest absolute Gasteiger partial charge is 0.331 e. The molecule has 0 atom stereocenters. The molecule has 0 aromatic carbocycles. The van der Waals surface area contributed by atoms with E-state index in [1.165, 1.54) is 18.3 Å². The summed E-state index contributed by atoms with van der Waals surface area (Å²) < 4.78 is 21.4. The topological polar surface area (TPSA) is 57.0 Å². The zero-order valence-corrected chi connectivity index (χ0v) is 14.0. The maximum absolute atomic E-state index is 14.3. The molecule has 0 aliphatic heterocycles. The van der Waals surface area contributed by atoms with Gasteiger partial charge in [-0.3, -0.25) is 9.67 Å². The number of rotatable bonds is 4. The van der Waals surface area contributed by atoms with Gasteiger partial charge in [0.15, 0.2) is 0 Å². The Morgan fingerprint density at radius 2 is 2.08 bits per heavy atom. The average Bonchev–Trinajstić information content (AvgIpc) is 3.22. The first-order valence-electron chi connectivity index (χ1n) is 7.92. The third kappa shape index (κ3) is 3.88. The van der Waals surface area contributed by atoms with Crippen molar-refractivity contribution in [3.63, 3.8) is 0 Å². The van der Waals surface area contributed by atoms with Gasteiger partial charge in [-0.1, -0.05) is 0 Å². The lowest BCUT2D eigenvalue weighted by atomic mass is 10.0. The SMILES string of the molecule is CC(C)(C)OC(=O)C=Cc1cncc(F)c1-c1cnn(C2CC2)c1. The third-order valence-electron chi connectivity index (χ3n) is 3.55. The number of nitrogens with zero attached hydrogens (tertiary/aromatic N) is 3. The minimum atomic E-state index is -0.574. The summed E-state index contributed by atoms with van der Waals surface area (Å²) in [6.45, 7) is 5.38. The number of carbonyl (C=O) groups is 1. The summed E-state index contributed by atoms with van der Waals surface area (Å²) >= 11 is 0. The molecule has 24 heavy (non-hydrogen) atoms. The molecular formula is C18H20FN3O2. The second kappa shape index (κ2) is 6.19. The highest BCUT2D eigenvalue weighted by Gasteiger charge is 2.25. The van der Waals surface area contributed by atoms with Crippen LogP contribution >= 0.6 is 0 Å². The van der Waals surface area contributed by atoms with E-state index >= 15 is 0 Å². The summed E-state index contributed by atoms with van der Waals surface area (Å²) in [5.74, 6) is -0.928. The Hall–Kier alpha value is -2.50. The Morgan fingerprint density at radius 3 is 2.75 bits per heavy atom. The van der Waals surface area contributed by atoms with Crippen molar-refractivity contribution in [2.24, 2.45) is 0 Å². The molecule has 0 bridgehead atoms. The molecule has 6 heteroatoms. The molecule has 1 saturated carbocycles. The first-order chi connectivity index (χ1) is 11.3. The highest BCUT2D eigenvalue weighted by molar-refractivity contribution is 5.89. The van der Waals surface area contributed by atoms with Gasteiger partial charge in [0.05, 0.1) is 18.4 Å². The van der Waals surface area contributed by atoms with Gasteiger partial charge < -0.3 is 4.74 Å². The van der Waals surface area contributed by atoms with Crippen LogP contribution < -0.4 is 0 Å². The lowest BCUT2D eigenvalue weighted by Crippen LogP contribution is -2.22. The molecule has 3 rings (SSSR count). The van der Waals surface area contributed by atoms with Crippen LogP contribution in [0.5, 0.6) is 0 Å². The van der Waals surface area contributed by atoms with E-state index in [1.54, 1.807) is 27.0 Å². The van der Waals surface area contributed by atoms with Gasteiger partial charge in [-0.2, -0.15) is 5.10 Å². The summed E-state index contributed by atoms with van der Waals surface area (Å²) in [6, 6.07) is 0.421. The zero-order valence-electron chi connectivity index (χ0n) is 14.0. The molecule has 1 aliphatic rings. The van der Waals surface area contributed by atoms with E-state index in [0.29, 0.717) is 22.7 Å². The summed E-state index contributed by atoms with van der Waals surface area (Å²) in [6.07, 6.45) is 11.2. The van der Waals surface area contributed by atoms with Crippen LogP contribution in [0.3, 0.4) is 0 Å². The summed E-state index contributed by atoms with van der Waals surface area (Å²) in [5, 5.41) is 4.29. The van der Waals surface area contributed by atoms with Crippen LogP contribution in [0.25, 0.3) is 17.2 Å². The van der Waals surface area contributed by atoms with Gasteiger partial charge in [-0.05, 0) is 39.7 Å². The lowest BCUT2D eigenvalue weighted by Gasteiger charge is -2.17. The predicted molar refractivity (Wildman–Crippen MR) is 88.6 cm³/mol. The van der Waals surface area contributed by atoms with E-state index < -0.39 is 17.4 Å². The lowest BCUT2D eigenvalue weighted by molar-refractivity contribution is -0.148. The molecule has 5 nitrogen and oxygen atoms in total. The molecule has 0 saturated heterocycles. The fourth-order valence-corrected chi connectivity index (χ4v) is 2.38. The number of pyridine rings is 1. The first kappa shape index (κ1) is 16.4. The Labute approximate surface area is 140 Å². The molecule has 126 valence electrons. The van der Waals surface area contributed by atoms with Crippen LogP contribution in [0.4, 0.5) is 4.39 Å². The number of ether oxygens (including phenoxy) is 1. The van der Waals surface area contributed by atoms with Crippen LogP contribution in [0.1, 0.15) is 45.2 Å². The van der Waals surface area contributed by atoms with Gasteiger partial charge in [0, 0.05) is 35.2 Å². The maximum atomic E-state index is 14.3.